The van der Waals surface area contributed by atoms with Gasteiger partial charge in [0, 0.05) is 6.07 Å². The molecule has 0 spiro atoms. The fourth-order valence-corrected chi connectivity index (χ4v) is 3.76. The van der Waals surface area contributed by atoms with E-state index in [2.05, 4.69) is 9.88 Å². The number of benzene rings is 2. The third kappa shape index (κ3) is 3.13. The number of fused-ring (bicyclic) bond motifs is 1. The Morgan fingerprint density at radius 2 is 1.88 bits per heavy atom. The summed E-state index contributed by atoms with van der Waals surface area (Å²) in [5.41, 5.74) is 1.07. The van der Waals surface area contributed by atoms with Crippen LogP contribution in [0.25, 0.3) is 11.0 Å². The Bertz CT molecular complexity index is 1060. The highest BCUT2D eigenvalue weighted by atomic mass is 32.2. The highest BCUT2D eigenvalue weighted by Crippen LogP contribution is 2.36. The minimum absolute atomic E-state index is 0.00115. The van der Waals surface area contributed by atoms with E-state index in [9.17, 15) is 13.5 Å². The molecule has 0 aliphatic rings. The predicted octanol–water partition coefficient (Wildman–Crippen LogP) is 2.91. The highest BCUT2D eigenvalue weighted by Gasteiger charge is 2.23. The summed E-state index contributed by atoms with van der Waals surface area (Å²) in [5, 5.41) is 13.9. The summed E-state index contributed by atoms with van der Waals surface area (Å²) in [5.74, 6) is 0.245. The molecule has 0 saturated heterocycles. The number of aromatic hydroxyl groups is 1. The zero-order valence-corrected chi connectivity index (χ0v) is 15.3. The van der Waals surface area contributed by atoms with Crippen molar-refractivity contribution in [3.63, 3.8) is 0 Å². The number of nitrogens with one attached hydrogen (secondary N) is 1. The quantitative estimate of drug-likeness (QED) is 0.678. The largest absolute Gasteiger partial charge is 0.504 e. The van der Waals surface area contributed by atoms with Crippen molar-refractivity contribution in [3.05, 3.63) is 35.9 Å². The average Bonchev–Trinajstić information content (AvgIpc) is 3.01. The SMILES string of the molecule is CCc1ccc(OC)c(S(=O)(=O)Nc2noc3cc(O)c(OC)cc23)c1. The number of hydrogen-bond acceptors (Lipinski definition) is 7. The Balaban J connectivity index is 2.07. The molecule has 0 aliphatic carbocycles. The van der Waals surface area contributed by atoms with Gasteiger partial charge in [0.25, 0.3) is 10.0 Å². The summed E-state index contributed by atoms with van der Waals surface area (Å²) in [4.78, 5) is 0.00115. The van der Waals surface area contributed by atoms with Crippen LogP contribution in [0.15, 0.2) is 39.8 Å². The number of sulfonamides is 1. The van der Waals surface area contributed by atoms with Gasteiger partial charge in [-0.2, -0.15) is 0 Å². The van der Waals surface area contributed by atoms with Crippen LogP contribution in [0, 0.1) is 0 Å². The second-order valence-electron chi connectivity index (χ2n) is 5.50. The lowest BCUT2D eigenvalue weighted by Crippen LogP contribution is -2.15. The standard InChI is InChI=1S/C17H18N2O6S/c1-4-10-5-6-13(23-2)16(7-10)26(21,22)19-17-11-8-15(24-3)12(20)9-14(11)25-18-17/h5-9,20H,4H2,1-3H3,(H,18,19). The Morgan fingerprint density at radius 3 is 2.54 bits per heavy atom. The summed E-state index contributed by atoms with van der Waals surface area (Å²) < 4.78 is 43.4. The molecule has 26 heavy (non-hydrogen) atoms. The monoisotopic (exact) mass is 378 g/mol. The molecular weight excluding hydrogens is 360 g/mol. The van der Waals surface area contributed by atoms with Crippen molar-refractivity contribution in [3.8, 4) is 17.2 Å². The molecule has 2 N–H and O–H groups in total. The fraction of sp³-hybridized carbons (Fsp3) is 0.235. The van der Waals surface area contributed by atoms with Gasteiger partial charge in [-0.3, -0.25) is 4.72 Å². The van der Waals surface area contributed by atoms with Crippen LogP contribution in [0.2, 0.25) is 0 Å². The number of phenolic OH excluding ortho intramolecular Hbond substituents is 1. The Hall–Kier alpha value is -2.94. The van der Waals surface area contributed by atoms with Gasteiger partial charge in [-0.05, 0) is 30.2 Å². The average molecular weight is 378 g/mol. The van der Waals surface area contributed by atoms with Crippen molar-refractivity contribution < 1.29 is 27.5 Å². The fourth-order valence-electron chi connectivity index (χ4n) is 2.52. The zero-order chi connectivity index (χ0) is 18.9. The molecule has 0 bridgehead atoms. The number of ether oxygens (including phenoxy) is 2. The maximum atomic E-state index is 12.9. The van der Waals surface area contributed by atoms with E-state index in [4.69, 9.17) is 14.0 Å². The maximum Gasteiger partial charge on any atom is 0.266 e. The van der Waals surface area contributed by atoms with Crippen LogP contribution in [-0.4, -0.2) is 32.9 Å². The van der Waals surface area contributed by atoms with Gasteiger partial charge < -0.3 is 19.1 Å². The molecule has 0 fully saturated rings. The summed E-state index contributed by atoms with van der Waals surface area (Å²) in [6.07, 6.45) is 0.676. The van der Waals surface area contributed by atoms with E-state index in [1.165, 1.54) is 26.4 Å². The molecule has 1 heterocycles. The van der Waals surface area contributed by atoms with Crippen LogP contribution in [0.5, 0.6) is 17.2 Å². The normalized spacial score (nSPS) is 11.5. The van der Waals surface area contributed by atoms with Crippen molar-refractivity contribution in [1.82, 2.24) is 5.16 Å². The van der Waals surface area contributed by atoms with E-state index in [-0.39, 0.29) is 33.5 Å². The Kier molecular flexibility index (Phi) is 4.64. The third-order valence-electron chi connectivity index (χ3n) is 3.93. The van der Waals surface area contributed by atoms with E-state index in [1.54, 1.807) is 18.2 Å². The number of aromatic nitrogens is 1. The predicted molar refractivity (Wildman–Crippen MR) is 95.4 cm³/mol. The lowest BCUT2D eigenvalue weighted by atomic mass is 10.2. The minimum atomic E-state index is -3.98. The summed E-state index contributed by atoms with van der Waals surface area (Å²) in [6, 6.07) is 7.71. The van der Waals surface area contributed by atoms with E-state index in [0.717, 1.165) is 5.56 Å². The van der Waals surface area contributed by atoms with Crippen molar-refractivity contribution in [2.24, 2.45) is 0 Å². The summed E-state index contributed by atoms with van der Waals surface area (Å²) >= 11 is 0. The summed E-state index contributed by atoms with van der Waals surface area (Å²) in [7, 11) is -1.19. The van der Waals surface area contributed by atoms with Crippen LogP contribution in [0.1, 0.15) is 12.5 Å². The van der Waals surface area contributed by atoms with Crippen molar-refractivity contribution in [2.75, 3.05) is 18.9 Å². The number of phenols is 1. The number of anilines is 1. The molecule has 0 aliphatic heterocycles. The molecule has 0 unspecified atom stereocenters. The third-order valence-corrected chi connectivity index (χ3v) is 5.29. The molecule has 0 saturated carbocycles. The number of aryl methyl sites for hydroxylation is 1. The first-order valence-electron chi connectivity index (χ1n) is 7.75. The van der Waals surface area contributed by atoms with E-state index < -0.39 is 10.0 Å². The molecule has 138 valence electrons. The summed E-state index contributed by atoms with van der Waals surface area (Å²) in [6.45, 7) is 1.93. The smallest absolute Gasteiger partial charge is 0.266 e. The van der Waals surface area contributed by atoms with Gasteiger partial charge in [-0.1, -0.05) is 18.1 Å². The lowest BCUT2D eigenvalue weighted by molar-refractivity contribution is 0.373. The number of nitrogens with zero attached hydrogens (tertiary/aromatic N) is 1. The van der Waals surface area contributed by atoms with Gasteiger partial charge in [0.1, 0.15) is 10.6 Å². The van der Waals surface area contributed by atoms with Crippen molar-refractivity contribution >= 4 is 26.8 Å². The van der Waals surface area contributed by atoms with E-state index >= 15 is 0 Å². The molecule has 0 radical (unpaired) electrons. The Labute approximate surface area is 150 Å². The van der Waals surface area contributed by atoms with Crippen LogP contribution < -0.4 is 14.2 Å². The van der Waals surface area contributed by atoms with Crippen molar-refractivity contribution in [1.29, 1.82) is 0 Å². The zero-order valence-electron chi connectivity index (χ0n) is 14.4. The molecule has 3 aromatic rings. The highest BCUT2D eigenvalue weighted by molar-refractivity contribution is 7.92. The molecule has 1 aromatic heterocycles. The first-order chi connectivity index (χ1) is 12.4. The van der Waals surface area contributed by atoms with E-state index in [1.807, 2.05) is 6.92 Å². The molecule has 8 nitrogen and oxygen atoms in total. The molecule has 3 rings (SSSR count). The van der Waals surface area contributed by atoms with Crippen LogP contribution >= 0.6 is 0 Å². The Morgan fingerprint density at radius 1 is 1.15 bits per heavy atom. The molecule has 0 atom stereocenters. The lowest BCUT2D eigenvalue weighted by Gasteiger charge is -2.11. The van der Waals surface area contributed by atoms with Gasteiger partial charge in [0.15, 0.2) is 22.9 Å². The molecule has 9 heteroatoms. The second-order valence-corrected chi connectivity index (χ2v) is 7.15. The first-order valence-corrected chi connectivity index (χ1v) is 9.24. The van der Waals surface area contributed by atoms with Gasteiger partial charge in [0.2, 0.25) is 0 Å². The van der Waals surface area contributed by atoms with Gasteiger partial charge in [-0.25, -0.2) is 8.42 Å². The molecular formula is C17H18N2O6S. The van der Waals surface area contributed by atoms with Gasteiger partial charge in [0.05, 0.1) is 19.6 Å². The maximum absolute atomic E-state index is 12.9. The van der Waals surface area contributed by atoms with Crippen molar-refractivity contribution in [2.45, 2.75) is 18.2 Å². The minimum Gasteiger partial charge on any atom is -0.504 e. The number of methoxy groups -OCH3 is 2. The molecule has 2 aromatic carbocycles. The molecule has 0 amide bonds. The number of hydrogen-bond donors (Lipinski definition) is 2. The van der Waals surface area contributed by atoms with Gasteiger partial charge in [-0.15, -0.1) is 0 Å². The van der Waals surface area contributed by atoms with Crippen LogP contribution in [-0.2, 0) is 16.4 Å². The van der Waals surface area contributed by atoms with Crippen LogP contribution in [0.4, 0.5) is 5.82 Å². The van der Waals surface area contributed by atoms with E-state index in [0.29, 0.717) is 11.8 Å². The first kappa shape index (κ1) is 17.9. The van der Waals surface area contributed by atoms with Crippen LogP contribution in [0.3, 0.4) is 0 Å². The number of rotatable bonds is 6. The van der Waals surface area contributed by atoms with Gasteiger partial charge >= 0.3 is 0 Å². The second kappa shape index (κ2) is 6.75. The topological polar surface area (TPSA) is 111 Å².